The number of amides is 1. The molecule has 0 spiro atoms. The highest BCUT2D eigenvalue weighted by Gasteiger charge is 2.10. The van der Waals surface area contributed by atoms with Crippen LogP contribution in [0, 0.1) is 0 Å². The van der Waals surface area contributed by atoms with Crippen LogP contribution in [0.2, 0.25) is 0 Å². The van der Waals surface area contributed by atoms with Crippen LogP contribution in [0.3, 0.4) is 0 Å². The fourth-order valence-corrected chi connectivity index (χ4v) is 2.15. The predicted molar refractivity (Wildman–Crippen MR) is 90.2 cm³/mol. The molecule has 0 unspecified atom stereocenters. The molecule has 0 bridgehead atoms. The molecule has 21 heavy (non-hydrogen) atoms. The van der Waals surface area contributed by atoms with Crippen LogP contribution in [-0.4, -0.2) is 63.2 Å². The van der Waals surface area contributed by atoms with Crippen LogP contribution < -0.4 is 0 Å². The normalized spacial score (nSPS) is 11.3. The third kappa shape index (κ3) is 6.89. The Labute approximate surface area is 135 Å². The summed E-state index contributed by atoms with van der Waals surface area (Å²) in [6.07, 6.45) is 3.45. The summed E-state index contributed by atoms with van der Waals surface area (Å²) in [5, 5.41) is 0. The van der Waals surface area contributed by atoms with E-state index in [1.165, 1.54) is 0 Å². The molecule has 0 saturated carbocycles. The van der Waals surface area contributed by atoms with Crippen molar-refractivity contribution in [3.63, 3.8) is 0 Å². The third-order valence-corrected chi connectivity index (χ3v) is 3.73. The van der Waals surface area contributed by atoms with Crippen molar-refractivity contribution in [3.05, 3.63) is 40.4 Å². The topological polar surface area (TPSA) is 32.8 Å². The van der Waals surface area contributed by atoms with E-state index < -0.39 is 0 Å². The second-order valence-corrected chi connectivity index (χ2v) is 5.83. The van der Waals surface area contributed by atoms with Gasteiger partial charge in [0.1, 0.15) is 0 Å². The number of likely N-dealkylation sites (N-methyl/N-ethyl adjacent to an activating group) is 1. The van der Waals surface area contributed by atoms with Gasteiger partial charge in [-0.15, -0.1) is 0 Å². The first kappa shape index (κ1) is 17.9. The molecule has 0 atom stereocenters. The lowest BCUT2D eigenvalue weighted by Gasteiger charge is -2.22. The standard InChI is InChI=1S/C16H23BrN2O2/c1-18(2)10-11-19(12-13-21-3)16(20)9-8-14-6-4-5-7-15(14)17/h4-9H,10-13H2,1-3H3/b9-8+. The Hall–Kier alpha value is -1.17. The average molecular weight is 355 g/mol. The Morgan fingerprint density at radius 2 is 1.95 bits per heavy atom. The Bertz CT molecular complexity index is 475. The number of carbonyl (C=O) groups excluding carboxylic acids is 1. The summed E-state index contributed by atoms with van der Waals surface area (Å²) < 4.78 is 6.05. The maximum Gasteiger partial charge on any atom is 0.246 e. The summed E-state index contributed by atoms with van der Waals surface area (Å²) in [6, 6.07) is 7.82. The van der Waals surface area contributed by atoms with Crippen LogP contribution in [0.15, 0.2) is 34.8 Å². The minimum Gasteiger partial charge on any atom is -0.383 e. The van der Waals surface area contributed by atoms with Crippen molar-refractivity contribution < 1.29 is 9.53 Å². The molecule has 0 aliphatic heterocycles. The molecule has 1 aromatic rings. The molecule has 4 nitrogen and oxygen atoms in total. The number of benzene rings is 1. The number of hydrogen-bond acceptors (Lipinski definition) is 3. The summed E-state index contributed by atoms with van der Waals surface area (Å²) in [5.41, 5.74) is 0.991. The molecule has 116 valence electrons. The van der Waals surface area contributed by atoms with Crippen LogP contribution in [0.5, 0.6) is 0 Å². The van der Waals surface area contributed by atoms with Crippen molar-refractivity contribution in [2.24, 2.45) is 0 Å². The van der Waals surface area contributed by atoms with Gasteiger partial charge in [0, 0.05) is 37.3 Å². The monoisotopic (exact) mass is 354 g/mol. The molecule has 0 radical (unpaired) electrons. The third-order valence-electron chi connectivity index (χ3n) is 3.00. The van der Waals surface area contributed by atoms with Crippen LogP contribution in [-0.2, 0) is 9.53 Å². The fraction of sp³-hybridized carbons (Fsp3) is 0.438. The Morgan fingerprint density at radius 1 is 1.24 bits per heavy atom. The van der Waals surface area contributed by atoms with E-state index in [1.807, 2.05) is 44.4 Å². The van der Waals surface area contributed by atoms with Crippen molar-refractivity contribution in [2.45, 2.75) is 0 Å². The molecule has 0 heterocycles. The minimum absolute atomic E-state index is 0.00431. The molecule has 1 aromatic carbocycles. The Morgan fingerprint density at radius 3 is 2.57 bits per heavy atom. The van der Waals surface area contributed by atoms with Gasteiger partial charge >= 0.3 is 0 Å². The van der Waals surface area contributed by atoms with Gasteiger partial charge in [-0.25, -0.2) is 0 Å². The number of hydrogen-bond donors (Lipinski definition) is 0. The molecular formula is C16H23BrN2O2. The maximum absolute atomic E-state index is 12.3. The first-order valence-corrected chi connectivity index (χ1v) is 7.69. The molecule has 0 aliphatic carbocycles. The van der Waals surface area contributed by atoms with E-state index in [2.05, 4.69) is 20.8 Å². The van der Waals surface area contributed by atoms with E-state index in [0.29, 0.717) is 19.7 Å². The van der Waals surface area contributed by atoms with Crippen molar-refractivity contribution in [1.29, 1.82) is 0 Å². The molecular weight excluding hydrogens is 332 g/mol. The van der Waals surface area contributed by atoms with Crippen molar-refractivity contribution in [2.75, 3.05) is 47.4 Å². The van der Waals surface area contributed by atoms with Gasteiger partial charge in [0.25, 0.3) is 0 Å². The Kier molecular flexibility index (Phi) is 8.27. The molecule has 1 rings (SSSR count). The van der Waals surface area contributed by atoms with Crippen LogP contribution in [0.25, 0.3) is 6.08 Å². The summed E-state index contributed by atoms with van der Waals surface area (Å²) in [5.74, 6) is 0.00431. The number of carbonyl (C=O) groups is 1. The highest BCUT2D eigenvalue weighted by Crippen LogP contribution is 2.17. The van der Waals surface area contributed by atoms with Gasteiger partial charge in [0.05, 0.1) is 6.61 Å². The Balaban J connectivity index is 2.68. The quantitative estimate of drug-likeness (QED) is 0.672. The fourth-order valence-electron chi connectivity index (χ4n) is 1.73. The van der Waals surface area contributed by atoms with Gasteiger partial charge in [-0.3, -0.25) is 4.79 Å². The summed E-state index contributed by atoms with van der Waals surface area (Å²) >= 11 is 3.47. The van der Waals surface area contributed by atoms with Crippen molar-refractivity contribution in [3.8, 4) is 0 Å². The lowest BCUT2D eigenvalue weighted by atomic mass is 10.2. The van der Waals surface area contributed by atoms with Crippen LogP contribution >= 0.6 is 15.9 Å². The van der Waals surface area contributed by atoms with Gasteiger partial charge in [-0.05, 0) is 31.8 Å². The first-order valence-electron chi connectivity index (χ1n) is 6.89. The first-order chi connectivity index (χ1) is 10.0. The van der Waals surface area contributed by atoms with E-state index in [1.54, 1.807) is 18.1 Å². The predicted octanol–water partition coefficient (Wildman–Crippen LogP) is 2.50. The number of methoxy groups -OCH3 is 1. The van der Waals surface area contributed by atoms with E-state index in [-0.39, 0.29) is 5.91 Å². The minimum atomic E-state index is 0.00431. The number of halogens is 1. The second kappa shape index (κ2) is 9.71. The zero-order chi connectivity index (χ0) is 15.7. The zero-order valence-corrected chi connectivity index (χ0v) is 14.5. The molecule has 1 amide bonds. The molecule has 0 saturated heterocycles. The van der Waals surface area contributed by atoms with Crippen LogP contribution in [0.1, 0.15) is 5.56 Å². The highest BCUT2D eigenvalue weighted by molar-refractivity contribution is 9.10. The van der Waals surface area contributed by atoms with Gasteiger partial charge in [0.2, 0.25) is 5.91 Å². The lowest BCUT2D eigenvalue weighted by Crippen LogP contribution is -2.37. The number of ether oxygens (including phenoxy) is 1. The van der Waals surface area contributed by atoms with Gasteiger partial charge in [-0.2, -0.15) is 0 Å². The SMILES string of the molecule is COCCN(CCN(C)C)C(=O)/C=C/c1ccccc1Br. The number of rotatable bonds is 8. The zero-order valence-electron chi connectivity index (χ0n) is 12.9. The summed E-state index contributed by atoms with van der Waals surface area (Å²) in [6.45, 7) is 2.67. The maximum atomic E-state index is 12.3. The molecule has 0 aromatic heterocycles. The van der Waals surface area contributed by atoms with Gasteiger partial charge in [0.15, 0.2) is 0 Å². The largest absolute Gasteiger partial charge is 0.383 e. The number of nitrogens with zero attached hydrogens (tertiary/aromatic N) is 2. The molecule has 5 heteroatoms. The average Bonchev–Trinajstić information content (AvgIpc) is 2.46. The molecule has 0 fully saturated rings. The molecule has 0 N–H and O–H groups in total. The van der Waals surface area contributed by atoms with E-state index in [0.717, 1.165) is 16.6 Å². The molecule has 0 aliphatic rings. The van der Waals surface area contributed by atoms with Crippen LogP contribution in [0.4, 0.5) is 0 Å². The highest BCUT2D eigenvalue weighted by atomic mass is 79.9. The smallest absolute Gasteiger partial charge is 0.246 e. The second-order valence-electron chi connectivity index (χ2n) is 4.98. The van der Waals surface area contributed by atoms with E-state index in [4.69, 9.17) is 4.74 Å². The summed E-state index contributed by atoms with van der Waals surface area (Å²) in [7, 11) is 5.64. The van der Waals surface area contributed by atoms with E-state index >= 15 is 0 Å². The van der Waals surface area contributed by atoms with Gasteiger partial charge < -0.3 is 14.5 Å². The van der Waals surface area contributed by atoms with Gasteiger partial charge in [-0.1, -0.05) is 34.1 Å². The van der Waals surface area contributed by atoms with E-state index in [9.17, 15) is 4.79 Å². The van der Waals surface area contributed by atoms with Crippen molar-refractivity contribution >= 4 is 27.9 Å². The lowest BCUT2D eigenvalue weighted by molar-refractivity contribution is -0.126. The summed E-state index contributed by atoms with van der Waals surface area (Å²) in [4.78, 5) is 16.2. The van der Waals surface area contributed by atoms with Crippen molar-refractivity contribution in [1.82, 2.24) is 9.80 Å².